The van der Waals surface area contributed by atoms with Crippen LogP contribution in [0.5, 0.6) is 0 Å². The molecule has 5 heteroatoms. The molecule has 0 spiro atoms. The fourth-order valence-electron chi connectivity index (χ4n) is 1.78. The summed E-state index contributed by atoms with van der Waals surface area (Å²) in [4.78, 5) is 25.7. The van der Waals surface area contributed by atoms with Gasteiger partial charge in [-0.15, -0.1) is 0 Å². The van der Waals surface area contributed by atoms with E-state index in [-0.39, 0.29) is 23.2 Å². The van der Waals surface area contributed by atoms with E-state index in [0.29, 0.717) is 5.69 Å². The number of pyridine rings is 1. The van der Waals surface area contributed by atoms with Gasteiger partial charge in [0.05, 0.1) is 0 Å². The fourth-order valence-corrected chi connectivity index (χ4v) is 1.78. The largest absolute Gasteiger partial charge is 0.324 e. The maximum atomic E-state index is 12.0. The first kappa shape index (κ1) is 13.0. The molecule has 2 aromatic rings. The van der Waals surface area contributed by atoms with E-state index >= 15 is 0 Å². The molecular formula is C14H15N3O2. The number of nitrogens with one attached hydrogen (secondary N) is 2. The van der Waals surface area contributed by atoms with Crippen molar-refractivity contribution in [2.75, 3.05) is 5.32 Å². The maximum Gasteiger partial charge on any atom is 0.272 e. The molecular weight excluding hydrogens is 242 g/mol. The molecule has 19 heavy (non-hydrogen) atoms. The van der Waals surface area contributed by atoms with Gasteiger partial charge in [0.15, 0.2) is 0 Å². The van der Waals surface area contributed by atoms with Crippen molar-refractivity contribution in [2.24, 2.45) is 5.73 Å². The molecule has 1 heterocycles. The Kier molecular flexibility index (Phi) is 3.77. The third-order valence-electron chi connectivity index (χ3n) is 2.71. The highest BCUT2D eigenvalue weighted by molar-refractivity contribution is 6.03. The van der Waals surface area contributed by atoms with Crippen LogP contribution in [0.2, 0.25) is 0 Å². The van der Waals surface area contributed by atoms with Crippen LogP contribution in [-0.2, 0) is 0 Å². The van der Waals surface area contributed by atoms with Crippen LogP contribution in [-0.4, -0.2) is 10.9 Å². The molecule has 0 fully saturated rings. The standard InChI is InChI=1S/C14H15N3O2/c1-9(15)10-5-2-3-6-11(10)17-14(19)12-7-4-8-13(18)16-12/h2-9H,15H2,1H3,(H,16,18)(H,17,19). The number of H-pyrrole nitrogens is 1. The summed E-state index contributed by atoms with van der Waals surface area (Å²) in [6, 6.07) is 11.6. The number of rotatable bonds is 3. The van der Waals surface area contributed by atoms with E-state index in [9.17, 15) is 9.59 Å². The number of aromatic nitrogens is 1. The predicted molar refractivity (Wildman–Crippen MR) is 74.1 cm³/mol. The Balaban J connectivity index is 2.27. The second kappa shape index (κ2) is 5.49. The third kappa shape index (κ3) is 3.08. The minimum atomic E-state index is -0.370. The minimum absolute atomic E-state index is 0.189. The molecule has 5 nitrogen and oxygen atoms in total. The lowest BCUT2D eigenvalue weighted by Crippen LogP contribution is -2.19. The molecule has 0 radical (unpaired) electrons. The van der Waals surface area contributed by atoms with Crippen molar-refractivity contribution >= 4 is 11.6 Å². The van der Waals surface area contributed by atoms with Crippen molar-refractivity contribution in [1.29, 1.82) is 0 Å². The molecule has 0 aliphatic heterocycles. The molecule has 0 aliphatic rings. The number of carbonyl (C=O) groups is 1. The Hall–Kier alpha value is -2.40. The van der Waals surface area contributed by atoms with Crippen LogP contribution in [0.4, 0.5) is 5.69 Å². The molecule has 4 N–H and O–H groups in total. The molecule has 0 saturated carbocycles. The van der Waals surface area contributed by atoms with E-state index in [1.807, 2.05) is 25.1 Å². The summed E-state index contributed by atoms with van der Waals surface area (Å²) in [6.45, 7) is 1.84. The number of anilines is 1. The number of para-hydroxylation sites is 1. The quantitative estimate of drug-likeness (QED) is 0.781. The van der Waals surface area contributed by atoms with E-state index < -0.39 is 0 Å². The Morgan fingerprint density at radius 3 is 2.63 bits per heavy atom. The molecule has 98 valence electrons. The monoisotopic (exact) mass is 257 g/mol. The number of amides is 1. The van der Waals surface area contributed by atoms with Crippen molar-refractivity contribution < 1.29 is 4.79 Å². The Labute approximate surface area is 110 Å². The number of carbonyl (C=O) groups excluding carboxylic acids is 1. The normalized spacial score (nSPS) is 11.9. The first-order valence-corrected chi connectivity index (χ1v) is 5.93. The van der Waals surface area contributed by atoms with Crippen molar-refractivity contribution in [2.45, 2.75) is 13.0 Å². The fraction of sp³-hybridized carbons (Fsp3) is 0.143. The van der Waals surface area contributed by atoms with Gasteiger partial charge in [0.25, 0.3) is 5.91 Å². The lowest BCUT2D eigenvalue weighted by molar-refractivity contribution is 0.102. The second-order valence-corrected chi connectivity index (χ2v) is 4.26. The molecule has 1 amide bonds. The summed E-state index contributed by atoms with van der Waals surface area (Å²) >= 11 is 0. The third-order valence-corrected chi connectivity index (χ3v) is 2.71. The summed E-state index contributed by atoms with van der Waals surface area (Å²) in [6.07, 6.45) is 0. The first-order valence-electron chi connectivity index (χ1n) is 5.93. The van der Waals surface area contributed by atoms with Crippen LogP contribution in [0.3, 0.4) is 0 Å². The van der Waals surface area contributed by atoms with Crippen molar-refractivity contribution in [3.63, 3.8) is 0 Å². The molecule has 0 saturated heterocycles. The SMILES string of the molecule is CC(N)c1ccccc1NC(=O)c1cccc(=O)[nH]1. The average molecular weight is 257 g/mol. The summed E-state index contributed by atoms with van der Waals surface area (Å²) in [5.74, 6) is -0.370. The summed E-state index contributed by atoms with van der Waals surface area (Å²) < 4.78 is 0. The molecule has 1 aromatic carbocycles. The van der Waals surface area contributed by atoms with Crippen LogP contribution >= 0.6 is 0 Å². The van der Waals surface area contributed by atoms with E-state index in [1.54, 1.807) is 12.1 Å². The lowest BCUT2D eigenvalue weighted by atomic mass is 10.1. The molecule has 0 bridgehead atoms. The highest BCUT2D eigenvalue weighted by Crippen LogP contribution is 2.21. The zero-order valence-corrected chi connectivity index (χ0v) is 10.5. The van der Waals surface area contributed by atoms with Crippen molar-refractivity contribution in [3.05, 3.63) is 64.1 Å². The molecule has 0 aliphatic carbocycles. The van der Waals surface area contributed by atoms with Gasteiger partial charge in [0, 0.05) is 17.8 Å². The summed E-state index contributed by atoms with van der Waals surface area (Å²) in [7, 11) is 0. The molecule has 1 unspecified atom stereocenters. The highest BCUT2D eigenvalue weighted by Gasteiger charge is 2.11. The van der Waals surface area contributed by atoms with Gasteiger partial charge in [-0.05, 0) is 24.6 Å². The zero-order valence-electron chi connectivity index (χ0n) is 10.5. The van der Waals surface area contributed by atoms with E-state index in [4.69, 9.17) is 5.73 Å². The minimum Gasteiger partial charge on any atom is -0.324 e. The number of hydrogen-bond acceptors (Lipinski definition) is 3. The number of benzene rings is 1. The first-order chi connectivity index (χ1) is 9.08. The summed E-state index contributed by atoms with van der Waals surface area (Å²) in [5, 5.41) is 2.75. The van der Waals surface area contributed by atoms with E-state index in [0.717, 1.165) is 5.56 Å². The number of nitrogens with two attached hydrogens (primary N) is 1. The van der Waals surface area contributed by atoms with Gasteiger partial charge in [0.1, 0.15) is 5.69 Å². The van der Waals surface area contributed by atoms with Crippen LogP contribution in [0.15, 0.2) is 47.3 Å². The summed E-state index contributed by atoms with van der Waals surface area (Å²) in [5.41, 5.74) is 7.23. The van der Waals surface area contributed by atoms with Gasteiger partial charge in [0.2, 0.25) is 5.56 Å². The topological polar surface area (TPSA) is 88.0 Å². The predicted octanol–water partition coefficient (Wildman–Crippen LogP) is 1.65. The van der Waals surface area contributed by atoms with Gasteiger partial charge >= 0.3 is 0 Å². The lowest BCUT2D eigenvalue weighted by Gasteiger charge is -2.13. The smallest absolute Gasteiger partial charge is 0.272 e. The average Bonchev–Trinajstić information content (AvgIpc) is 2.39. The van der Waals surface area contributed by atoms with Crippen LogP contribution < -0.4 is 16.6 Å². The molecule has 2 rings (SSSR count). The van der Waals surface area contributed by atoms with Gasteiger partial charge in [-0.25, -0.2) is 0 Å². The van der Waals surface area contributed by atoms with Crippen LogP contribution in [0.1, 0.15) is 29.0 Å². The Morgan fingerprint density at radius 2 is 1.95 bits per heavy atom. The van der Waals surface area contributed by atoms with Gasteiger partial charge in [-0.3, -0.25) is 9.59 Å². The number of aromatic amines is 1. The van der Waals surface area contributed by atoms with E-state index in [2.05, 4.69) is 10.3 Å². The Bertz CT molecular complexity index is 647. The number of hydrogen-bond donors (Lipinski definition) is 3. The Morgan fingerprint density at radius 1 is 1.21 bits per heavy atom. The second-order valence-electron chi connectivity index (χ2n) is 4.26. The van der Waals surface area contributed by atoms with Crippen molar-refractivity contribution in [3.8, 4) is 0 Å². The maximum absolute atomic E-state index is 12.0. The van der Waals surface area contributed by atoms with Gasteiger partial charge in [-0.2, -0.15) is 0 Å². The van der Waals surface area contributed by atoms with Crippen LogP contribution in [0, 0.1) is 0 Å². The van der Waals surface area contributed by atoms with Crippen LogP contribution in [0.25, 0.3) is 0 Å². The highest BCUT2D eigenvalue weighted by atomic mass is 16.2. The van der Waals surface area contributed by atoms with Gasteiger partial charge < -0.3 is 16.0 Å². The molecule has 1 aromatic heterocycles. The molecule has 1 atom stereocenters. The zero-order chi connectivity index (χ0) is 13.8. The van der Waals surface area contributed by atoms with Crippen molar-refractivity contribution in [1.82, 2.24) is 4.98 Å². The van der Waals surface area contributed by atoms with E-state index in [1.165, 1.54) is 12.1 Å². The van der Waals surface area contributed by atoms with Gasteiger partial charge in [-0.1, -0.05) is 24.3 Å².